The van der Waals surface area contributed by atoms with Gasteiger partial charge in [-0.3, -0.25) is 4.68 Å². The van der Waals surface area contributed by atoms with Gasteiger partial charge < -0.3 is 10.1 Å². The molecule has 0 fully saturated rings. The Hall–Kier alpha value is -4.47. The number of anilines is 2. The molecule has 3 aromatic heterocycles. The van der Waals surface area contributed by atoms with Crippen molar-refractivity contribution in [3.63, 3.8) is 0 Å². The molecular formula is C21H18F3N9O. The molecule has 3 heterocycles. The Kier molecular flexibility index (Phi) is 6.39. The first-order valence-corrected chi connectivity index (χ1v) is 10.0. The molecule has 0 bridgehead atoms. The van der Waals surface area contributed by atoms with E-state index in [1.807, 2.05) is 6.92 Å². The minimum absolute atomic E-state index is 0.196. The Morgan fingerprint density at radius 1 is 1.12 bits per heavy atom. The summed E-state index contributed by atoms with van der Waals surface area (Å²) in [5, 5.41) is 20.0. The van der Waals surface area contributed by atoms with Crippen LogP contribution in [0.25, 0.3) is 11.1 Å². The van der Waals surface area contributed by atoms with E-state index in [2.05, 4.69) is 36.5 Å². The molecule has 1 aromatic carbocycles. The largest absolute Gasteiger partial charge is 0.487 e. The zero-order valence-corrected chi connectivity index (χ0v) is 17.8. The van der Waals surface area contributed by atoms with Crippen molar-refractivity contribution in [2.45, 2.75) is 32.3 Å². The lowest BCUT2D eigenvalue weighted by Crippen LogP contribution is -2.20. The number of aromatic nitrogens is 7. The van der Waals surface area contributed by atoms with Crippen LogP contribution < -0.4 is 10.1 Å². The quantitative estimate of drug-likeness (QED) is 0.416. The average Bonchev–Trinajstić information content (AvgIpc) is 3.45. The van der Waals surface area contributed by atoms with Crippen molar-refractivity contribution in [1.82, 2.24) is 34.5 Å². The van der Waals surface area contributed by atoms with Crippen molar-refractivity contribution >= 4 is 11.6 Å². The van der Waals surface area contributed by atoms with Crippen LogP contribution in [0, 0.1) is 11.3 Å². The first-order valence-electron chi connectivity index (χ1n) is 10.0. The van der Waals surface area contributed by atoms with Crippen LogP contribution in [0.4, 0.5) is 24.8 Å². The second kappa shape index (κ2) is 9.57. The molecule has 0 radical (unpaired) electrons. The second-order valence-corrected chi connectivity index (χ2v) is 7.33. The van der Waals surface area contributed by atoms with E-state index in [-0.39, 0.29) is 12.1 Å². The molecule has 0 aliphatic carbocycles. The van der Waals surface area contributed by atoms with Crippen LogP contribution in [0.3, 0.4) is 0 Å². The molecule has 4 aromatic rings. The Morgan fingerprint density at radius 3 is 2.59 bits per heavy atom. The fraction of sp³-hybridized carbons (Fsp3) is 0.238. The highest BCUT2D eigenvalue weighted by Gasteiger charge is 2.28. The van der Waals surface area contributed by atoms with Crippen LogP contribution >= 0.6 is 0 Å². The van der Waals surface area contributed by atoms with Crippen LogP contribution in [-0.4, -0.2) is 46.8 Å². The van der Waals surface area contributed by atoms with Crippen LogP contribution in [0.15, 0.2) is 55.6 Å². The minimum Gasteiger partial charge on any atom is -0.487 e. The summed E-state index contributed by atoms with van der Waals surface area (Å²) in [6.45, 7) is 1.13. The fourth-order valence-electron chi connectivity index (χ4n) is 3.11. The summed E-state index contributed by atoms with van der Waals surface area (Å²) < 4.78 is 45.8. The summed E-state index contributed by atoms with van der Waals surface area (Å²) in [6, 6.07) is 7.23. The molecule has 13 heteroatoms. The van der Waals surface area contributed by atoms with Gasteiger partial charge in [0.2, 0.25) is 5.95 Å². The number of nitrogens with one attached hydrogen (secondary N) is 1. The van der Waals surface area contributed by atoms with E-state index < -0.39 is 12.7 Å². The van der Waals surface area contributed by atoms with E-state index in [1.54, 1.807) is 41.6 Å². The highest BCUT2D eigenvalue weighted by atomic mass is 19.4. The lowest BCUT2D eigenvalue weighted by Gasteiger charge is -2.16. The molecule has 0 aliphatic heterocycles. The van der Waals surface area contributed by atoms with Gasteiger partial charge in [0.25, 0.3) is 0 Å². The van der Waals surface area contributed by atoms with E-state index in [9.17, 15) is 18.4 Å². The van der Waals surface area contributed by atoms with E-state index >= 15 is 0 Å². The Balaban J connectivity index is 1.46. The molecular weight excluding hydrogens is 451 g/mol. The molecule has 174 valence electrons. The molecule has 4 rings (SSSR count). The van der Waals surface area contributed by atoms with Gasteiger partial charge in [-0.05, 0) is 24.6 Å². The number of ether oxygens (including phenoxy) is 1. The molecule has 0 aliphatic rings. The first-order chi connectivity index (χ1) is 16.3. The van der Waals surface area contributed by atoms with Crippen molar-refractivity contribution in [3.8, 4) is 22.9 Å². The monoisotopic (exact) mass is 469 g/mol. The van der Waals surface area contributed by atoms with Crippen LogP contribution in [0.5, 0.6) is 5.75 Å². The maximum absolute atomic E-state index is 12.5. The predicted octanol–water partition coefficient (Wildman–Crippen LogP) is 3.58. The smallest absolute Gasteiger partial charge is 0.408 e. The molecule has 0 saturated heterocycles. The van der Waals surface area contributed by atoms with Gasteiger partial charge in [-0.15, -0.1) is 0 Å². The van der Waals surface area contributed by atoms with E-state index in [4.69, 9.17) is 4.74 Å². The van der Waals surface area contributed by atoms with Crippen molar-refractivity contribution in [2.24, 2.45) is 0 Å². The Labute approximate surface area is 191 Å². The third-order valence-corrected chi connectivity index (χ3v) is 4.56. The zero-order valence-electron chi connectivity index (χ0n) is 17.8. The number of rotatable bonds is 8. The zero-order chi connectivity index (χ0) is 24.1. The molecule has 34 heavy (non-hydrogen) atoms. The fourth-order valence-corrected chi connectivity index (χ4v) is 3.11. The highest BCUT2D eigenvalue weighted by molar-refractivity contribution is 5.66. The maximum atomic E-state index is 12.5. The normalized spacial score (nSPS) is 12.2. The maximum Gasteiger partial charge on any atom is 0.408 e. The summed E-state index contributed by atoms with van der Waals surface area (Å²) >= 11 is 0. The minimum atomic E-state index is -4.36. The van der Waals surface area contributed by atoms with Crippen molar-refractivity contribution < 1.29 is 17.9 Å². The topological polar surface area (TPSA) is 119 Å². The summed E-state index contributed by atoms with van der Waals surface area (Å²) in [5.41, 5.74) is 2.10. The van der Waals surface area contributed by atoms with Gasteiger partial charge in [0.15, 0.2) is 0 Å². The first kappa shape index (κ1) is 22.7. The van der Waals surface area contributed by atoms with Gasteiger partial charge in [-0.1, -0.05) is 6.07 Å². The van der Waals surface area contributed by atoms with Crippen molar-refractivity contribution in [3.05, 3.63) is 61.2 Å². The third-order valence-electron chi connectivity index (χ3n) is 4.56. The number of alkyl halides is 3. The van der Waals surface area contributed by atoms with E-state index in [1.165, 1.54) is 18.7 Å². The van der Waals surface area contributed by atoms with Gasteiger partial charge in [0.05, 0.1) is 24.0 Å². The van der Waals surface area contributed by atoms with Crippen LogP contribution in [0.1, 0.15) is 12.5 Å². The van der Waals surface area contributed by atoms with Gasteiger partial charge in [0, 0.05) is 24.2 Å². The summed E-state index contributed by atoms with van der Waals surface area (Å²) in [4.78, 5) is 12.3. The molecule has 0 amide bonds. The molecule has 0 saturated carbocycles. The number of benzene rings is 1. The van der Waals surface area contributed by atoms with E-state index in [0.29, 0.717) is 29.1 Å². The molecule has 1 unspecified atom stereocenters. The summed E-state index contributed by atoms with van der Waals surface area (Å²) in [6.07, 6.45) is 3.96. The predicted molar refractivity (Wildman–Crippen MR) is 114 cm³/mol. The van der Waals surface area contributed by atoms with Gasteiger partial charge in [-0.25, -0.2) is 19.6 Å². The number of hydrogen-bond acceptors (Lipinski definition) is 8. The van der Waals surface area contributed by atoms with Gasteiger partial charge in [-0.2, -0.15) is 28.6 Å². The van der Waals surface area contributed by atoms with Crippen molar-refractivity contribution in [2.75, 3.05) is 5.32 Å². The number of nitrogens with zero attached hydrogens (tertiary/aromatic N) is 8. The SMILES string of the molecule is CC(Cn1cncn1)Oc1cc(-c2cnc(Nc3cnn(CC(F)(F)F)c3)nc2)ccc1C#N. The van der Waals surface area contributed by atoms with Gasteiger partial charge >= 0.3 is 6.18 Å². The number of halogens is 3. The third kappa shape index (κ3) is 5.85. The Morgan fingerprint density at radius 2 is 1.91 bits per heavy atom. The van der Waals surface area contributed by atoms with Crippen molar-refractivity contribution in [1.29, 1.82) is 5.26 Å². The van der Waals surface area contributed by atoms with Gasteiger partial charge in [0.1, 0.15) is 37.1 Å². The summed E-state index contributed by atoms with van der Waals surface area (Å²) in [5.74, 6) is 0.605. The summed E-state index contributed by atoms with van der Waals surface area (Å²) in [7, 11) is 0. The molecule has 0 spiro atoms. The van der Waals surface area contributed by atoms with Crippen LogP contribution in [0.2, 0.25) is 0 Å². The second-order valence-electron chi connectivity index (χ2n) is 7.33. The van der Waals surface area contributed by atoms with Crippen LogP contribution in [-0.2, 0) is 13.1 Å². The molecule has 1 N–H and O–H groups in total. The average molecular weight is 469 g/mol. The molecule has 1 atom stereocenters. The number of nitriles is 1. The molecule has 10 nitrogen and oxygen atoms in total. The van der Waals surface area contributed by atoms with E-state index in [0.717, 1.165) is 10.2 Å². The highest BCUT2D eigenvalue weighted by Crippen LogP contribution is 2.28. The lowest BCUT2D eigenvalue weighted by molar-refractivity contribution is -0.142. The lowest BCUT2D eigenvalue weighted by atomic mass is 10.1. The Bertz CT molecular complexity index is 1280. The standard InChI is InChI=1S/C21H18F3N9O/c1-14(9-33-13-26-12-30-33)34-19-4-15(2-3-16(19)5-25)17-6-27-20(28-7-17)31-18-8-29-32(10-18)11-21(22,23)24/h2-4,6-8,10,12-14H,9,11H2,1H3,(H,27,28,31). The number of hydrogen-bond donors (Lipinski definition) is 1.